The fourth-order valence-electron chi connectivity index (χ4n) is 2.49. The van der Waals surface area contributed by atoms with Crippen molar-refractivity contribution >= 4 is 11.8 Å². The minimum Gasteiger partial charge on any atom is -0.493 e. The summed E-state index contributed by atoms with van der Waals surface area (Å²) in [6, 6.07) is 8.87. The summed E-state index contributed by atoms with van der Waals surface area (Å²) in [6.45, 7) is 2.94. The molecule has 100 valence electrons. The van der Waals surface area contributed by atoms with Crippen LogP contribution in [0.25, 0.3) is 0 Å². The summed E-state index contributed by atoms with van der Waals surface area (Å²) >= 11 is 2.08. The molecule has 1 saturated heterocycles. The van der Waals surface area contributed by atoms with Gasteiger partial charge in [0, 0.05) is 16.9 Å². The van der Waals surface area contributed by atoms with Crippen LogP contribution in [0.2, 0.25) is 0 Å². The van der Waals surface area contributed by atoms with Crippen molar-refractivity contribution in [2.45, 2.75) is 37.5 Å². The lowest BCUT2D eigenvalue weighted by Crippen LogP contribution is -2.26. The first-order chi connectivity index (χ1) is 8.86. The summed E-state index contributed by atoms with van der Waals surface area (Å²) in [5.41, 5.74) is 1.31. The molecule has 18 heavy (non-hydrogen) atoms. The molecule has 2 unspecified atom stereocenters. The molecule has 0 radical (unpaired) electrons. The van der Waals surface area contributed by atoms with Gasteiger partial charge >= 0.3 is 0 Å². The van der Waals surface area contributed by atoms with Crippen LogP contribution in [0.1, 0.15) is 37.8 Å². The second-order valence-electron chi connectivity index (χ2n) is 4.70. The molecule has 1 aromatic rings. The first kappa shape index (κ1) is 13.8. The highest BCUT2D eigenvalue weighted by atomic mass is 32.2. The van der Waals surface area contributed by atoms with Crippen molar-refractivity contribution in [2.75, 3.05) is 19.4 Å². The molecule has 2 rings (SSSR count). The zero-order valence-electron chi connectivity index (χ0n) is 11.3. The van der Waals surface area contributed by atoms with E-state index in [0.29, 0.717) is 11.3 Å². The van der Waals surface area contributed by atoms with Crippen LogP contribution >= 0.6 is 11.8 Å². The Morgan fingerprint density at radius 1 is 1.44 bits per heavy atom. The molecular formula is C15H23NOS. The zero-order valence-corrected chi connectivity index (χ0v) is 12.1. The van der Waals surface area contributed by atoms with Gasteiger partial charge in [-0.05, 0) is 38.1 Å². The molecule has 2 atom stereocenters. The summed E-state index contributed by atoms with van der Waals surface area (Å²) in [4.78, 5) is 0. The van der Waals surface area contributed by atoms with Gasteiger partial charge in [0.2, 0.25) is 0 Å². The number of rotatable bonds is 6. The van der Waals surface area contributed by atoms with E-state index in [1.54, 1.807) is 0 Å². The van der Waals surface area contributed by atoms with Gasteiger partial charge in [-0.15, -0.1) is 0 Å². The molecule has 0 bridgehead atoms. The molecule has 0 saturated carbocycles. The summed E-state index contributed by atoms with van der Waals surface area (Å²) < 4.78 is 5.88. The molecule has 0 aliphatic carbocycles. The largest absolute Gasteiger partial charge is 0.493 e. The maximum absolute atomic E-state index is 5.88. The maximum atomic E-state index is 5.88. The Hall–Kier alpha value is -0.670. The Bertz CT molecular complexity index is 363. The second kappa shape index (κ2) is 7.05. The van der Waals surface area contributed by atoms with Crippen molar-refractivity contribution in [1.29, 1.82) is 0 Å². The Morgan fingerprint density at radius 2 is 2.28 bits per heavy atom. The van der Waals surface area contributed by atoms with E-state index < -0.39 is 0 Å². The van der Waals surface area contributed by atoms with Crippen LogP contribution in [-0.4, -0.2) is 24.7 Å². The minimum atomic E-state index is 0.408. The van der Waals surface area contributed by atoms with Gasteiger partial charge < -0.3 is 10.1 Å². The monoisotopic (exact) mass is 265 g/mol. The van der Waals surface area contributed by atoms with Crippen molar-refractivity contribution in [3.05, 3.63) is 29.8 Å². The van der Waals surface area contributed by atoms with Gasteiger partial charge in [0.15, 0.2) is 0 Å². The van der Waals surface area contributed by atoms with Crippen molar-refractivity contribution in [3.63, 3.8) is 0 Å². The Kier molecular flexibility index (Phi) is 5.39. The summed E-state index contributed by atoms with van der Waals surface area (Å²) in [6.07, 6.45) is 3.69. The summed E-state index contributed by atoms with van der Waals surface area (Å²) in [5.74, 6) is 2.34. The van der Waals surface area contributed by atoms with Gasteiger partial charge in [-0.25, -0.2) is 0 Å². The number of hydrogen-bond donors (Lipinski definition) is 1. The zero-order chi connectivity index (χ0) is 12.8. The van der Waals surface area contributed by atoms with Crippen LogP contribution in [0.15, 0.2) is 24.3 Å². The molecular weight excluding hydrogens is 242 g/mol. The predicted molar refractivity (Wildman–Crippen MR) is 79.5 cm³/mol. The quantitative estimate of drug-likeness (QED) is 0.848. The van der Waals surface area contributed by atoms with Gasteiger partial charge in [-0.3, -0.25) is 0 Å². The van der Waals surface area contributed by atoms with Crippen molar-refractivity contribution in [2.24, 2.45) is 0 Å². The Labute approximate surface area is 114 Å². The van der Waals surface area contributed by atoms with Gasteiger partial charge in [0.1, 0.15) is 5.75 Å². The molecule has 2 nitrogen and oxygen atoms in total. The lowest BCUT2D eigenvalue weighted by Gasteiger charge is -2.25. The van der Waals surface area contributed by atoms with Crippen LogP contribution in [0.5, 0.6) is 5.75 Å². The molecule has 0 amide bonds. The number of nitrogens with one attached hydrogen (secondary N) is 1. The molecule has 1 aliphatic heterocycles. The van der Waals surface area contributed by atoms with Gasteiger partial charge in [0.05, 0.1) is 6.61 Å². The van der Waals surface area contributed by atoms with E-state index in [4.69, 9.17) is 4.74 Å². The van der Waals surface area contributed by atoms with E-state index in [9.17, 15) is 0 Å². The standard InChI is InChI=1S/C15H23NOS/c1-3-10-17-13-8-5-4-7-12(13)15(16-2)14-9-6-11-18-14/h4-5,7-8,14-16H,3,6,9-11H2,1-2H3. The lowest BCUT2D eigenvalue weighted by atomic mass is 10.00. The third-order valence-corrected chi connectivity index (χ3v) is 4.82. The van der Waals surface area contributed by atoms with Crippen LogP contribution in [0, 0.1) is 0 Å². The predicted octanol–water partition coefficient (Wildman–Crippen LogP) is 3.63. The number of ether oxygens (including phenoxy) is 1. The molecule has 1 heterocycles. The van der Waals surface area contributed by atoms with E-state index in [1.165, 1.54) is 24.2 Å². The lowest BCUT2D eigenvalue weighted by molar-refractivity contribution is 0.310. The number of para-hydroxylation sites is 1. The average molecular weight is 265 g/mol. The Morgan fingerprint density at radius 3 is 2.94 bits per heavy atom. The molecule has 1 N–H and O–H groups in total. The highest BCUT2D eigenvalue weighted by Gasteiger charge is 2.27. The molecule has 3 heteroatoms. The molecule has 0 spiro atoms. The summed E-state index contributed by atoms with van der Waals surface area (Å²) in [7, 11) is 2.06. The first-order valence-corrected chi connectivity index (χ1v) is 7.92. The molecule has 1 fully saturated rings. The average Bonchev–Trinajstić information content (AvgIpc) is 2.92. The Balaban J connectivity index is 2.17. The number of benzene rings is 1. The van der Waals surface area contributed by atoms with Gasteiger partial charge in [0.25, 0.3) is 0 Å². The van der Waals surface area contributed by atoms with Gasteiger partial charge in [-0.2, -0.15) is 11.8 Å². The van der Waals surface area contributed by atoms with E-state index >= 15 is 0 Å². The number of hydrogen-bond acceptors (Lipinski definition) is 3. The summed E-state index contributed by atoms with van der Waals surface area (Å²) in [5, 5.41) is 4.16. The SMILES string of the molecule is CCCOc1ccccc1C(NC)C1CCCS1. The van der Waals surface area contributed by atoms with E-state index in [2.05, 4.69) is 55.3 Å². The van der Waals surface area contributed by atoms with Crippen molar-refractivity contribution in [1.82, 2.24) is 5.32 Å². The fraction of sp³-hybridized carbons (Fsp3) is 0.600. The second-order valence-corrected chi connectivity index (χ2v) is 6.05. The maximum Gasteiger partial charge on any atom is 0.124 e. The van der Waals surface area contributed by atoms with Crippen LogP contribution in [0.4, 0.5) is 0 Å². The van der Waals surface area contributed by atoms with Crippen molar-refractivity contribution < 1.29 is 4.74 Å². The highest BCUT2D eigenvalue weighted by molar-refractivity contribution is 8.00. The normalized spacial score (nSPS) is 20.9. The van der Waals surface area contributed by atoms with Crippen LogP contribution < -0.4 is 10.1 Å². The van der Waals surface area contributed by atoms with E-state index in [1.807, 2.05) is 0 Å². The first-order valence-electron chi connectivity index (χ1n) is 6.87. The third kappa shape index (κ3) is 3.21. The minimum absolute atomic E-state index is 0.408. The molecule has 0 aromatic heterocycles. The van der Waals surface area contributed by atoms with Gasteiger partial charge in [-0.1, -0.05) is 25.1 Å². The number of thioether (sulfide) groups is 1. The van der Waals surface area contributed by atoms with E-state index in [-0.39, 0.29) is 0 Å². The van der Waals surface area contributed by atoms with Crippen molar-refractivity contribution in [3.8, 4) is 5.75 Å². The smallest absolute Gasteiger partial charge is 0.124 e. The highest BCUT2D eigenvalue weighted by Crippen LogP contribution is 2.38. The van der Waals surface area contributed by atoms with Crippen LogP contribution in [0.3, 0.4) is 0 Å². The topological polar surface area (TPSA) is 21.3 Å². The van der Waals surface area contributed by atoms with E-state index in [0.717, 1.165) is 18.8 Å². The third-order valence-electron chi connectivity index (χ3n) is 3.36. The molecule has 1 aliphatic rings. The molecule has 1 aromatic carbocycles. The van der Waals surface area contributed by atoms with Crippen LogP contribution in [-0.2, 0) is 0 Å². The fourth-order valence-corrected chi connectivity index (χ4v) is 3.93.